The summed E-state index contributed by atoms with van der Waals surface area (Å²) in [6.45, 7) is 0.494. The van der Waals surface area contributed by atoms with Crippen LogP contribution in [0.2, 0.25) is 10.0 Å². The molecule has 94 valence electrons. The number of nitrogens with zero attached hydrogens (tertiary/aromatic N) is 2. The van der Waals surface area contributed by atoms with E-state index in [2.05, 4.69) is 10.3 Å². The fourth-order valence-corrected chi connectivity index (χ4v) is 1.74. The average Bonchev–Trinajstić information content (AvgIpc) is 2.30. The van der Waals surface area contributed by atoms with Crippen molar-refractivity contribution in [2.45, 2.75) is 6.42 Å². The zero-order valence-electron chi connectivity index (χ0n) is 9.63. The lowest BCUT2D eigenvalue weighted by Gasteiger charge is -2.19. The molecule has 1 heterocycles. The molecule has 1 rings (SSSR count). The zero-order valence-corrected chi connectivity index (χ0v) is 11.1. The monoisotopic (exact) mass is 276 g/mol. The summed E-state index contributed by atoms with van der Waals surface area (Å²) in [6.07, 6.45) is 0.355. The van der Waals surface area contributed by atoms with E-state index in [9.17, 15) is 4.79 Å². The highest BCUT2D eigenvalue weighted by molar-refractivity contribution is 6.37. The number of carbonyl (C=O) groups is 1. The van der Waals surface area contributed by atoms with Gasteiger partial charge in [0.05, 0.1) is 10.0 Å². The SMILES string of the molecule is CNC(=O)CCN(C)c1nc(N)c(Cl)cc1Cl. The summed E-state index contributed by atoms with van der Waals surface area (Å²) >= 11 is 11.8. The number of pyridine rings is 1. The fourth-order valence-electron chi connectivity index (χ4n) is 1.24. The van der Waals surface area contributed by atoms with E-state index < -0.39 is 0 Å². The minimum absolute atomic E-state index is 0.0464. The summed E-state index contributed by atoms with van der Waals surface area (Å²) in [5.74, 6) is 0.685. The van der Waals surface area contributed by atoms with Crippen molar-refractivity contribution in [1.29, 1.82) is 0 Å². The number of nitrogen functional groups attached to an aromatic ring is 1. The number of hydrogen-bond donors (Lipinski definition) is 2. The third-order valence-corrected chi connectivity index (χ3v) is 2.83. The first-order valence-corrected chi connectivity index (χ1v) is 5.74. The van der Waals surface area contributed by atoms with Crippen molar-refractivity contribution in [3.8, 4) is 0 Å². The number of hydrogen-bond acceptors (Lipinski definition) is 4. The number of aromatic nitrogens is 1. The van der Waals surface area contributed by atoms with E-state index in [-0.39, 0.29) is 11.7 Å². The first-order valence-electron chi connectivity index (χ1n) is 4.99. The van der Waals surface area contributed by atoms with Gasteiger partial charge in [-0.3, -0.25) is 4.79 Å². The largest absolute Gasteiger partial charge is 0.382 e. The van der Waals surface area contributed by atoms with Crippen molar-refractivity contribution >= 4 is 40.7 Å². The molecule has 0 unspecified atom stereocenters. The second-order valence-electron chi connectivity index (χ2n) is 3.51. The molecule has 0 fully saturated rings. The van der Waals surface area contributed by atoms with Crippen molar-refractivity contribution in [3.63, 3.8) is 0 Å². The Labute approximate surface area is 110 Å². The van der Waals surface area contributed by atoms with Gasteiger partial charge in [-0.05, 0) is 6.07 Å². The number of nitrogens with two attached hydrogens (primary N) is 1. The van der Waals surface area contributed by atoms with Gasteiger partial charge >= 0.3 is 0 Å². The quantitative estimate of drug-likeness (QED) is 0.875. The van der Waals surface area contributed by atoms with Crippen molar-refractivity contribution < 1.29 is 4.79 Å². The van der Waals surface area contributed by atoms with Gasteiger partial charge in [0, 0.05) is 27.1 Å². The zero-order chi connectivity index (χ0) is 13.0. The minimum atomic E-state index is -0.0464. The van der Waals surface area contributed by atoms with Gasteiger partial charge in [0.15, 0.2) is 0 Å². The maximum Gasteiger partial charge on any atom is 0.221 e. The van der Waals surface area contributed by atoms with Gasteiger partial charge in [-0.15, -0.1) is 0 Å². The summed E-state index contributed by atoms with van der Waals surface area (Å²) in [6, 6.07) is 1.54. The van der Waals surface area contributed by atoms with E-state index in [0.717, 1.165) is 0 Å². The molecule has 3 N–H and O–H groups in total. The van der Waals surface area contributed by atoms with Gasteiger partial charge in [-0.25, -0.2) is 4.98 Å². The maximum absolute atomic E-state index is 11.1. The average molecular weight is 277 g/mol. The van der Waals surface area contributed by atoms with Gasteiger partial charge in [-0.2, -0.15) is 0 Å². The summed E-state index contributed by atoms with van der Waals surface area (Å²) in [4.78, 5) is 17.0. The number of rotatable bonds is 4. The molecule has 0 saturated heterocycles. The Hall–Kier alpha value is -1.20. The molecule has 7 heteroatoms. The number of carbonyl (C=O) groups excluding carboxylic acids is 1. The van der Waals surface area contributed by atoms with E-state index in [4.69, 9.17) is 28.9 Å². The third-order valence-electron chi connectivity index (χ3n) is 2.25. The van der Waals surface area contributed by atoms with Gasteiger partial charge in [-0.1, -0.05) is 23.2 Å². The molecule has 0 aliphatic heterocycles. The highest BCUT2D eigenvalue weighted by Gasteiger charge is 2.12. The van der Waals surface area contributed by atoms with Gasteiger partial charge in [0.1, 0.15) is 11.6 Å². The molecule has 0 saturated carbocycles. The van der Waals surface area contributed by atoms with Crippen LogP contribution < -0.4 is 16.0 Å². The lowest BCUT2D eigenvalue weighted by atomic mass is 10.3. The second-order valence-corrected chi connectivity index (χ2v) is 4.32. The molecule has 1 amide bonds. The molecule has 0 aromatic carbocycles. The Balaban J connectivity index is 2.78. The third kappa shape index (κ3) is 3.64. The van der Waals surface area contributed by atoms with E-state index in [0.29, 0.717) is 28.8 Å². The van der Waals surface area contributed by atoms with Crippen LogP contribution in [0, 0.1) is 0 Å². The molecule has 0 spiro atoms. The highest BCUT2D eigenvalue weighted by atomic mass is 35.5. The summed E-state index contributed by atoms with van der Waals surface area (Å²) in [5.41, 5.74) is 5.60. The molecule has 0 aliphatic carbocycles. The summed E-state index contributed by atoms with van der Waals surface area (Å²) in [7, 11) is 3.37. The van der Waals surface area contributed by atoms with Crippen molar-refractivity contribution in [1.82, 2.24) is 10.3 Å². The Morgan fingerprint density at radius 3 is 2.76 bits per heavy atom. The van der Waals surface area contributed by atoms with Crippen LogP contribution in [0.1, 0.15) is 6.42 Å². The van der Waals surface area contributed by atoms with E-state index in [1.807, 2.05) is 0 Å². The Bertz CT molecular complexity index is 425. The molecule has 5 nitrogen and oxygen atoms in total. The topological polar surface area (TPSA) is 71.2 Å². The van der Waals surface area contributed by atoms with Gasteiger partial charge < -0.3 is 16.0 Å². The normalized spacial score (nSPS) is 10.1. The van der Waals surface area contributed by atoms with Crippen LogP contribution in [0.4, 0.5) is 11.6 Å². The van der Waals surface area contributed by atoms with Gasteiger partial charge in [0.2, 0.25) is 5.91 Å². The predicted molar refractivity (Wildman–Crippen MR) is 70.6 cm³/mol. The van der Waals surface area contributed by atoms with Crippen molar-refractivity contribution in [3.05, 3.63) is 16.1 Å². The van der Waals surface area contributed by atoms with E-state index >= 15 is 0 Å². The molecule has 0 atom stereocenters. The molecular weight excluding hydrogens is 263 g/mol. The van der Waals surface area contributed by atoms with E-state index in [1.165, 1.54) is 6.07 Å². The number of nitrogens with one attached hydrogen (secondary N) is 1. The predicted octanol–water partition coefficient (Wildman–Crippen LogP) is 1.54. The Morgan fingerprint density at radius 2 is 2.18 bits per heavy atom. The molecule has 0 radical (unpaired) electrons. The van der Waals surface area contributed by atoms with Crippen LogP contribution in [0.25, 0.3) is 0 Å². The lowest BCUT2D eigenvalue weighted by molar-refractivity contribution is -0.120. The molecule has 0 bridgehead atoms. The van der Waals surface area contributed by atoms with Gasteiger partial charge in [0.25, 0.3) is 0 Å². The fraction of sp³-hybridized carbons (Fsp3) is 0.400. The second kappa shape index (κ2) is 5.93. The highest BCUT2D eigenvalue weighted by Crippen LogP contribution is 2.29. The van der Waals surface area contributed by atoms with Crippen molar-refractivity contribution in [2.75, 3.05) is 31.3 Å². The molecule has 17 heavy (non-hydrogen) atoms. The van der Waals surface area contributed by atoms with Crippen molar-refractivity contribution in [2.24, 2.45) is 0 Å². The van der Waals surface area contributed by atoms with Crippen LogP contribution in [-0.4, -0.2) is 31.5 Å². The number of halogens is 2. The number of anilines is 2. The smallest absolute Gasteiger partial charge is 0.221 e. The standard InChI is InChI=1S/C10H14Cl2N4O/c1-14-8(17)3-4-16(2)10-7(12)5-6(11)9(13)15-10/h5H,3-4H2,1-2H3,(H2,13,15)(H,14,17). The molecular formula is C10H14Cl2N4O. The summed E-state index contributed by atoms with van der Waals surface area (Å²) in [5, 5.41) is 3.27. The van der Waals surface area contributed by atoms with Crippen LogP contribution in [0.15, 0.2) is 6.07 Å². The first kappa shape index (κ1) is 13.9. The molecule has 1 aromatic heterocycles. The lowest BCUT2D eigenvalue weighted by Crippen LogP contribution is -2.27. The van der Waals surface area contributed by atoms with Crippen LogP contribution in [0.5, 0.6) is 0 Å². The maximum atomic E-state index is 11.1. The minimum Gasteiger partial charge on any atom is -0.382 e. The van der Waals surface area contributed by atoms with Crippen LogP contribution in [-0.2, 0) is 4.79 Å². The Morgan fingerprint density at radius 1 is 1.53 bits per heavy atom. The summed E-state index contributed by atoms with van der Waals surface area (Å²) < 4.78 is 0. The van der Waals surface area contributed by atoms with Crippen LogP contribution >= 0.6 is 23.2 Å². The Kier molecular flexibility index (Phi) is 4.84. The van der Waals surface area contributed by atoms with E-state index in [1.54, 1.807) is 19.0 Å². The first-order chi connectivity index (χ1) is 7.95. The number of amides is 1. The molecule has 1 aromatic rings. The van der Waals surface area contributed by atoms with Crippen LogP contribution in [0.3, 0.4) is 0 Å². The molecule has 0 aliphatic rings.